The SMILES string of the molecule is C[C@H]1CCC[C@@H]1CN. The van der Waals surface area contributed by atoms with Crippen LogP contribution in [0.2, 0.25) is 0 Å². The first kappa shape index (κ1) is 6.09. The Balaban J connectivity index is 2.30. The molecular formula is C7H15N. The van der Waals surface area contributed by atoms with Crippen LogP contribution in [0.5, 0.6) is 0 Å². The van der Waals surface area contributed by atoms with Crippen LogP contribution in [0.1, 0.15) is 26.2 Å². The number of hydrogen-bond acceptors (Lipinski definition) is 1. The number of hydrogen-bond donors (Lipinski definition) is 1. The summed E-state index contributed by atoms with van der Waals surface area (Å²) in [5.74, 6) is 1.75. The summed E-state index contributed by atoms with van der Waals surface area (Å²) in [7, 11) is 0. The molecule has 0 spiro atoms. The highest BCUT2D eigenvalue weighted by molar-refractivity contribution is 4.73. The van der Waals surface area contributed by atoms with Gasteiger partial charge in [-0.15, -0.1) is 0 Å². The second-order valence-corrected chi connectivity index (χ2v) is 2.90. The molecule has 2 N–H and O–H groups in total. The molecule has 1 rings (SSSR count). The highest BCUT2D eigenvalue weighted by atomic mass is 14.6. The van der Waals surface area contributed by atoms with Gasteiger partial charge in [0.25, 0.3) is 0 Å². The fraction of sp³-hybridized carbons (Fsp3) is 1.00. The van der Waals surface area contributed by atoms with E-state index in [1.807, 2.05) is 0 Å². The molecule has 0 aromatic carbocycles. The molecule has 0 aliphatic heterocycles. The average molecular weight is 113 g/mol. The minimum absolute atomic E-state index is 0.843. The summed E-state index contributed by atoms with van der Waals surface area (Å²) >= 11 is 0. The van der Waals surface area contributed by atoms with Crippen LogP contribution in [0.4, 0.5) is 0 Å². The Labute approximate surface area is 51.3 Å². The van der Waals surface area contributed by atoms with E-state index in [0.717, 1.165) is 18.4 Å². The van der Waals surface area contributed by atoms with Crippen LogP contribution in [0, 0.1) is 11.8 Å². The van der Waals surface area contributed by atoms with Gasteiger partial charge < -0.3 is 5.73 Å². The average Bonchev–Trinajstić information content (AvgIpc) is 2.14. The predicted molar refractivity (Wildman–Crippen MR) is 35.6 cm³/mol. The summed E-state index contributed by atoms with van der Waals surface area (Å²) < 4.78 is 0. The van der Waals surface area contributed by atoms with Gasteiger partial charge in [0, 0.05) is 0 Å². The van der Waals surface area contributed by atoms with E-state index in [0.29, 0.717) is 0 Å². The summed E-state index contributed by atoms with van der Waals surface area (Å²) in [4.78, 5) is 0. The molecule has 1 fully saturated rings. The van der Waals surface area contributed by atoms with Gasteiger partial charge >= 0.3 is 0 Å². The van der Waals surface area contributed by atoms with Crippen molar-refractivity contribution in [1.82, 2.24) is 0 Å². The van der Waals surface area contributed by atoms with Crippen LogP contribution >= 0.6 is 0 Å². The second-order valence-electron chi connectivity index (χ2n) is 2.90. The van der Waals surface area contributed by atoms with Crippen molar-refractivity contribution in [2.45, 2.75) is 26.2 Å². The molecule has 1 saturated carbocycles. The van der Waals surface area contributed by atoms with E-state index in [1.165, 1.54) is 19.3 Å². The van der Waals surface area contributed by atoms with Crippen molar-refractivity contribution in [3.05, 3.63) is 0 Å². The smallest absolute Gasteiger partial charge is 0.00463 e. The Morgan fingerprint density at radius 2 is 2.25 bits per heavy atom. The molecule has 0 amide bonds. The Kier molecular flexibility index (Phi) is 1.90. The van der Waals surface area contributed by atoms with Crippen molar-refractivity contribution < 1.29 is 0 Å². The lowest BCUT2D eigenvalue weighted by Gasteiger charge is -2.10. The first-order valence-electron chi connectivity index (χ1n) is 3.54. The Bertz CT molecular complexity index is 70.8. The van der Waals surface area contributed by atoms with Crippen molar-refractivity contribution in [2.24, 2.45) is 17.6 Å². The third-order valence-electron chi connectivity index (χ3n) is 2.34. The molecule has 8 heavy (non-hydrogen) atoms. The van der Waals surface area contributed by atoms with Crippen LogP contribution in [-0.4, -0.2) is 6.54 Å². The summed E-state index contributed by atoms with van der Waals surface area (Å²) in [5, 5.41) is 0. The van der Waals surface area contributed by atoms with Crippen molar-refractivity contribution in [3.8, 4) is 0 Å². The molecule has 48 valence electrons. The van der Waals surface area contributed by atoms with E-state index >= 15 is 0 Å². The van der Waals surface area contributed by atoms with Crippen LogP contribution < -0.4 is 5.73 Å². The quantitative estimate of drug-likeness (QED) is 0.546. The lowest BCUT2D eigenvalue weighted by Crippen LogP contribution is -2.15. The van der Waals surface area contributed by atoms with E-state index in [1.54, 1.807) is 0 Å². The fourth-order valence-electron chi connectivity index (χ4n) is 1.57. The van der Waals surface area contributed by atoms with Crippen LogP contribution in [0.3, 0.4) is 0 Å². The molecule has 2 atom stereocenters. The molecule has 0 aromatic rings. The summed E-state index contributed by atoms with van der Waals surface area (Å²) in [5.41, 5.74) is 5.52. The topological polar surface area (TPSA) is 26.0 Å². The molecule has 0 bridgehead atoms. The minimum atomic E-state index is 0.843. The maximum absolute atomic E-state index is 5.52. The second kappa shape index (κ2) is 2.49. The monoisotopic (exact) mass is 113 g/mol. The lowest BCUT2D eigenvalue weighted by atomic mass is 9.99. The van der Waals surface area contributed by atoms with Crippen molar-refractivity contribution >= 4 is 0 Å². The third-order valence-corrected chi connectivity index (χ3v) is 2.34. The maximum atomic E-state index is 5.52. The van der Waals surface area contributed by atoms with Crippen molar-refractivity contribution in [1.29, 1.82) is 0 Å². The van der Waals surface area contributed by atoms with Crippen LogP contribution in [-0.2, 0) is 0 Å². The molecule has 0 saturated heterocycles. The summed E-state index contributed by atoms with van der Waals surface area (Å²) in [6, 6.07) is 0. The molecule has 0 heterocycles. The van der Waals surface area contributed by atoms with Gasteiger partial charge in [0.1, 0.15) is 0 Å². The molecule has 1 nitrogen and oxygen atoms in total. The Morgan fingerprint density at radius 1 is 1.50 bits per heavy atom. The van der Waals surface area contributed by atoms with E-state index < -0.39 is 0 Å². The Hall–Kier alpha value is -0.0400. The summed E-state index contributed by atoms with van der Waals surface area (Å²) in [6.45, 7) is 3.21. The van der Waals surface area contributed by atoms with Crippen molar-refractivity contribution in [3.63, 3.8) is 0 Å². The largest absolute Gasteiger partial charge is 0.330 e. The third kappa shape index (κ3) is 1.03. The molecule has 0 radical (unpaired) electrons. The van der Waals surface area contributed by atoms with Gasteiger partial charge in [0.05, 0.1) is 0 Å². The highest BCUT2D eigenvalue weighted by Crippen LogP contribution is 2.29. The maximum Gasteiger partial charge on any atom is -0.00463 e. The van der Waals surface area contributed by atoms with E-state index in [-0.39, 0.29) is 0 Å². The van der Waals surface area contributed by atoms with E-state index in [2.05, 4.69) is 6.92 Å². The Morgan fingerprint density at radius 3 is 2.50 bits per heavy atom. The number of nitrogens with two attached hydrogens (primary N) is 1. The minimum Gasteiger partial charge on any atom is -0.330 e. The zero-order valence-corrected chi connectivity index (χ0v) is 5.56. The summed E-state index contributed by atoms with van der Waals surface area (Å²) in [6.07, 6.45) is 4.18. The van der Waals surface area contributed by atoms with E-state index in [4.69, 9.17) is 5.73 Å². The molecule has 0 aromatic heterocycles. The highest BCUT2D eigenvalue weighted by Gasteiger charge is 2.20. The molecule has 1 aliphatic carbocycles. The molecule has 1 aliphatic rings. The number of rotatable bonds is 1. The molecule has 1 heteroatoms. The van der Waals surface area contributed by atoms with Gasteiger partial charge in [0.15, 0.2) is 0 Å². The van der Waals surface area contributed by atoms with Gasteiger partial charge in [-0.2, -0.15) is 0 Å². The van der Waals surface area contributed by atoms with Gasteiger partial charge in [-0.1, -0.05) is 19.8 Å². The zero-order valence-electron chi connectivity index (χ0n) is 5.56. The normalized spacial score (nSPS) is 38.2. The van der Waals surface area contributed by atoms with Crippen LogP contribution in [0.25, 0.3) is 0 Å². The molecular weight excluding hydrogens is 98.1 g/mol. The van der Waals surface area contributed by atoms with Gasteiger partial charge in [-0.3, -0.25) is 0 Å². The zero-order chi connectivity index (χ0) is 5.98. The van der Waals surface area contributed by atoms with Gasteiger partial charge in [-0.05, 0) is 24.8 Å². The predicted octanol–water partition coefficient (Wildman–Crippen LogP) is 1.38. The first-order valence-corrected chi connectivity index (χ1v) is 3.54. The van der Waals surface area contributed by atoms with Crippen LogP contribution in [0.15, 0.2) is 0 Å². The van der Waals surface area contributed by atoms with Gasteiger partial charge in [-0.25, -0.2) is 0 Å². The van der Waals surface area contributed by atoms with E-state index in [9.17, 15) is 0 Å². The first-order chi connectivity index (χ1) is 3.84. The lowest BCUT2D eigenvalue weighted by molar-refractivity contribution is 0.429. The van der Waals surface area contributed by atoms with Gasteiger partial charge in [0.2, 0.25) is 0 Å². The van der Waals surface area contributed by atoms with Crippen molar-refractivity contribution in [2.75, 3.05) is 6.54 Å². The fourth-order valence-corrected chi connectivity index (χ4v) is 1.57. The molecule has 0 unspecified atom stereocenters. The standard InChI is InChI=1S/C7H15N/c1-6-3-2-4-7(6)5-8/h6-7H,2-5,8H2,1H3/t6-,7+/m0/s1.